The number of hydrogen-bond acceptors (Lipinski definition) is 4. The summed E-state index contributed by atoms with van der Waals surface area (Å²) in [5.74, 6) is -1.71. The molecule has 10 heteroatoms. The third-order valence-electron chi connectivity index (χ3n) is 4.83. The van der Waals surface area contributed by atoms with E-state index in [0.717, 1.165) is 11.3 Å². The van der Waals surface area contributed by atoms with Crippen molar-refractivity contribution < 1.29 is 26.4 Å². The molecule has 1 amide bonds. The second-order valence-electron chi connectivity index (χ2n) is 7.08. The van der Waals surface area contributed by atoms with E-state index in [2.05, 4.69) is 10.0 Å². The molecule has 1 aliphatic carbocycles. The summed E-state index contributed by atoms with van der Waals surface area (Å²) >= 11 is 1.10. The first-order valence-electron chi connectivity index (χ1n) is 9.15. The van der Waals surface area contributed by atoms with E-state index >= 15 is 0 Å². The number of anilines is 1. The molecule has 0 bridgehead atoms. The molecule has 1 aromatic heterocycles. The maximum Gasteiger partial charge on any atom is 0.391 e. The molecule has 0 radical (unpaired) electrons. The van der Waals surface area contributed by atoms with E-state index in [-0.39, 0.29) is 29.4 Å². The number of benzene rings is 1. The second-order valence-corrected chi connectivity index (χ2v) is 9.94. The van der Waals surface area contributed by atoms with Crippen LogP contribution in [-0.2, 0) is 21.2 Å². The third kappa shape index (κ3) is 5.96. The summed E-state index contributed by atoms with van der Waals surface area (Å²) in [5.41, 5.74) is 1.01. The van der Waals surface area contributed by atoms with Gasteiger partial charge in [0.25, 0.3) is 10.0 Å². The van der Waals surface area contributed by atoms with Gasteiger partial charge in [-0.1, -0.05) is 24.6 Å². The van der Waals surface area contributed by atoms with Crippen molar-refractivity contribution >= 4 is 33.0 Å². The molecule has 5 nitrogen and oxygen atoms in total. The first kappa shape index (κ1) is 21.6. The van der Waals surface area contributed by atoms with Gasteiger partial charge in [0, 0.05) is 11.7 Å². The van der Waals surface area contributed by atoms with Gasteiger partial charge in [-0.2, -0.15) is 13.2 Å². The van der Waals surface area contributed by atoms with Crippen LogP contribution in [0.1, 0.15) is 31.2 Å². The molecule has 0 spiro atoms. The fraction of sp³-hybridized carbons (Fsp3) is 0.421. The van der Waals surface area contributed by atoms with Crippen molar-refractivity contribution in [2.45, 2.75) is 48.5 Å². The molecule has 1 aliphatic rings. The van der Waals surface area contributed by atoms with Gasteiger partial charge < -0.3 is 5.32 Å². The molecule has 1 fully saturated rings. The number of hydrogen-bond donors (Lipinski definition) is 2. The van der Waals surface area contributed by atoms with Gasteiger partial charge in [0.1, 0.15) is 4.21 Å². The Labute approximate surface area is 171 Å². The predicted molar refractivity (Wildman–Crippen MR) is 105 cm³/mol. The molecule has 2 aromatic rings. The smallest absolute Gasteiger partial charge is 0.353 e. The van der Waals surface area contributed by atoms with Gasteiger partial charge in [-0.15, -0.1) is 11.3 Å². The van der Waals surface area contributed by atoms with Gasteiger partial charge in [0.2, 0.25) is 5.91 Å². The van der Waals surface area contributed by atoms with Gasteiger partial charge in [-0.3, -0.25) is 9.52 Å². The van der Waals surface area contributed by atoms with Crippen LogP contribution in [0, 0.1) is 5.92 Å². The van der Waals surface area contributed by atoms with Crippen LogP contribution >= 0.6 is 11.3 Å². The quantitative estimate of drug-likeness (QED) is 0.694. The van der Waals surface area contributed by atoms with Crippen molar-refractivity contribution in [3.8, 4) is 0 Å². The summed E-state index contributed by atoms with van der Waals surface area (Å²) in [5, 5.41) is 4.36. The Morgan fingerprint density at radius 3 is 2.48 bits per heavy atom. The summed E-state index contributed by atoms with van der Waals surface area (Å²) in [7, 11) is -3.65. The van der Waals surface area contributed by atoms with Gasteiger partial charge in [-0.25, -0.2) is 8.42 Å². The molecular weight excluding hydrogens is 425 g/mol. The molecule has 2 atom stereocenters. The zero-order valence-corrected chi connectivity index (χ0v) is 17.0. The zero-order valence-electron chi connectivity index (χ0n) is 15.4. The summed E-state index contributed by atoms with van der Waals surface area (Å²) in [6.07, 6.45) is -3.20. The number of alkyl halides is 3. The molecule has 29 heavy (non-hydrogen) atoms. The summed E-state index contributed by atoms with van der Waals surface area (Å²) in [4.78, 5) is 12.2. The monoisotopic (exact) mass is 446 g/mol. The molecule has 0 saturated heterocycles. The fourth-order valence-electron chi connectivity index (χ4n) is 3.39. The number of rotatable bonds is 6. The number of thiophene rings is 1. The van der Waals surface area contributed by atoms with Crippen molar-refractivity contribution in [2.24, 2.45) is 5.92 Å². The highest BCUT2D eigenvalue weighted by Gasteiger charge is 2.42. The SMILES string of the molecule is O=C(Cc1ccc(NS(=O)(=O)c2cccs2)cc1)NC1CCCC(C(F)(F)F)C1. The Balaban J connectivity index is 1.54. The number of amides is 1. The molecule has 1 saturated carbocycles. The van der Waals surface area contributed by atoms with Gasteiger partial charge in [0.15, 0.2) is 0 Å². The highest BCUT2D eigenvalue weighted by molar-refractivity contribution is 7.94. The lowest BCUT2D eigenvalue weighted by Crippen LogP contribution is -2.42. The minimum atomic E-state index is -4.23. The normalized spacial score (nSPS) is 20.2. The average molecular weight is 447 g/mol. The Morgan fingerprint density at radius 1 is 1.14 bits per heavy atom. The summed E-state index contributed by atoms with van der Waals surface area (Å²) < 4.78 is 65.7. The lowest BCUT2D eigenvalue weighted by molar-refractivity contribution is -0.184. The van der Waals surface area contributed by atoms with E-state index in [1.807, 2.05) is 0 Å². The number of sulfonamides is 1. The molecule has 1 aromatic carbocycles. The van der Waals surface area contributed by atoms with Crippen molar-refractivity contribution in [3.63, 3.8) is 0 Å². The number of halogens is 3. The van der Waals surface area contributed by atoms with Crippen molar-refractivity contribution in [3.05, 3.63) is 47.3 Å². The van der Waals surface area contributed by atoms with Crippen LogP contribution in [-0.4, -0.2) is 26.5 Å². The fourth-order valence-corrected chi connectivity index (χ4v) is 5.45. The predicted octanol–water partition coefficient (Wildman–Crippen LogP) is 4.33. The third-order valence-corrected chi connectivity index (χ3v) is 7.61. The van der Waals surface area contributed by atoms with E-state index in [1.54, 1.807) is 35.7 Å². The maximum atomic E-state index is 12.9. The van der Waals surface area contributed by atoms with Crippen molar-refractivity contribution in [1.82, 2.24) is 5.32 Å². The standard InChI is InChI=1S/C19H21F3N2O3S2/c20-19(21,22)14-3-1-4-16(12-14)23-17(25)11-13-6-8-15(9-7-13)24-29(26,27)18-5-2-10-28-18/h2,5-10,14,16,24H,1,3-4,11-12H2,(H,23,25). The van der Waals surface area contributed by atoms with Crippen LogP contribution in [0.15, 0.2) is 46.0 Å². The Bertz CT molecular complexity index is 927. The molecule has 2 N–H and O–H groups in total. The van der Waals surface area contributed by atoms with Crippen LogP contribution in [0.5, 0.6) is 0 Å². The van der Waals surface area contributed by atoms with Gasteiger partial charge in [-0.05, 0) is 48.4 Å². The lowest BCUT2D eigenvalue weighted by atomic mass is 9.85. The van der Waals surface area contributed by atoms with Crippen LogP contribution in [0.4, 0.5) is 18.9 Å². The molecule has 158 valence electrons. The maximum absolute atomic E-state index is 12.9. The van der Waals surface area contributed by atoms with Crippen molar-refractivity contribution in [2.75, 3.05) is 4.72 Å². The molecule has 1 heterocycles. The molecule has 0 aliphatic heterocycles. The van der Waals surface area contributed by atoms with E-state index in [1.165, 1.54) is 6.07 Å². The van der Waals surface area contributed by atoms with Crippen molar-refractivity contribution in [1.29, 1.82) is 0 Å². The van der Waals surface area contributed by atoms with Crippen LogP contribution in [0.2, 0.25) is 0 Å². The van der Waals surface area contributed by atoms with Gasteiger partial charge in [0.05, 0.1) is 12.3 Å². The summed E-state index contributed by atoms with van der Waals surface area (Å²) in [6, 6.07) is 9.00. The van der Waals surface area contributed by atoms with E-state index < -0.39 is 28.2 Å². The Kier molecular flexibility index (Phi) is 6.52. The number of carbonyl (C=O) groups is 1. The largest absolute Gasteiger partial charge is 0.391 e. The highest BCUT2D eigenvalue weighted by atomic mass is 32.2. The minimum Gasteiger partial charge on any atom is -0.353 e. The Hall–Kier alpha value is -2.07. The zero-order chi connectivity index (χ0) is 21.1. The first-order chi connectivity index (χ1) is 13.6. The topological polar surface area (TPSA) is 75.3 Å². The van der Waals surface area contributed by atoms with Crippen LogP contribution in [0.3, 0.4) is 0 Å². The van der Waals surface area contributed by atoms with Crippen LogP contribution < -0.4 is 10.0 Å². The average Bonchev–Trinajstić information content (AvgIpc) is 3.18. The van der Waals surface area contributed by atoms with Crippen LogP contribution in [0.25, 0.3) is 0 Å². The molecule has 2 unspecified atom stereocenters. The van der Waals surface area contributed by atoms with E-state index in [4.69, 9.17) is 0 Å². The lowest BCUT2D eigenvalue weighted by Gasteiger charge is -2.31. The second kappa shape index (κ2) is 8.74. The minimum absolute atomic E-state index is 0.0190. The molecule has 3 rings (SSSR count). The highest BCUT2D eigenvalue weighted by Crippen LogP contribution is 2.37. The molecular formula is C19H21F3N2O3S2. The number of nitrogens with one attached hydrogen (secondary N) is 2. The first-order valence-corrected chi connectivity index (χ1v) is 11.5. The number of carbonyl (C=O) groups excluding carboxylic acids is 1. The van der Waals surface area contributed by atoms with E-state index in [9.17, 15) is 26.4 Å². The summed E-state index contributed by atoms with van der Waals surface area (Å²) in [6.45, 7) is 0. The van der Waals surface area contributed by atoms with Gasteiger partial charge >= 0.3 is 6.18 Å². The van der Waals surface area contributed by atoms with E-state index in [0.29, 0.717) is 24.1 Å². The Morgan fingerprint density at radius 2 is 1.86 bits per heavy atom.